The number of likely N-dealkylation sites (N-methyl/N-ethyl adjacent to an activating group) is 1. The molecule has 1 atom stereocenters. The highest BCUT2D eigenvalue weighted by atomic mass is 35.5. The molecular weight excluding hydrogens is 286 g/mol. The number of aryl methyl sites for hydroxylation is 1. The Morgan fingerprint density at radius 2 is 2.05 bits per heavy atom. The predicted molar refractivity (Wildman–Crippen MR) is 87.2 cm³/mol. The van der Waals surface area contributed by atoms with Gasteiger partial charge in [-0.05, 0) is 50.6 Å². The van der Waals surface area contributed by atoms with E-state index in [2.05, 4.69) is 11.9 Å². The quantitative estimate of drug-likeness (QED) is 0.870. The molecule has 21 heavy (non-hydrogen) atoms. The SMILES string of the molecule is Cc1cc(Cl)ccc1OCC(O)CN(C)C1CCCCC1. The van der Waals surface area contributed by atoms with Crippen LogP contribution < -0.4 is 4.74 Å². The van der Waals surface area contributed by atoms with Gasteiger partial charge in [0, 0.05) is 17.6 Å². The molecule has 1 unspecified atom stereocenters. The summed E-state index contributed by atoms with van der Waals surface area (Å²) in [6.07, 6.45) is 6.01. The number of ether oxygens (including phenoxy) is 1. The van der Waals surface area contributed by atoms with Gasteiger partial charge in [-0.25, -0.2) is 0 Å². The number of halogens is 1. The molecule has 118 valence electrons. The molecule has 0 spiro atoms. The van der Waals surface area contributed by atoms with Crippen molar-refractivity contribution in [3.05, 3.63) is 28.8 Å². The van der Waals surface area contributed by atoms with Crippen molar-refractivity contribution >= 4 is 11.6 Å². The Bertz CT molecular complexity index is 446. The molecular formula is C17H26ClNO2. The zero-order chi connectivity index (χ0) is 15.2. The molecule has 1 saturated carbocycles. The molecule has 1 N–H and O–H groups in total. The van der Waals surface area contributed by atoms with Crippen molar-refractivity contribution in [2.45, 2.75) is 51.2 Å². The molecule has 0 bridgehead atoms. The summed E-state index contributed by atoms with van der Waals surface area (Å²) in [4.78, 5) is 2.28. The van der Waals surface area contributed by atoms with Crippen LogP contribution in [0.15, 0.2) is 18.2 Å². The van der Waals surface area contributed by atoms with Crippen molar-refractivity contribution in [2.24, 2.45) is 0 Å². The molecule has 1 aromatic carbocycles. The van der Waals surface area contributed by atoms with Crippen molar-refractivity contribution in [3.63, 3.8) is 0 Å². The van der Waals surface area contributed by atoms with Gasteiger partial charge in [0.2, 0.25) is 0 Å². The number of nitrogens with zero attached hydrogens (tertiary/aromatic N) is 1. The van der Waals surface area contributed by atoms with Crippen LogP contribution in [0.3, 0.4) is 0 Å². The smallest absolute Gasteiger partial charge is 0.122 e. The lowest BCUT2D eigenvalue weighted by atomic mass is 9.94. The van der Waals surface area contributed by atoms with Crippen LogP contribution in [0.1, 0.15) is 37.7 Å². The van der Waals surface area contributed by atoms with Gasteiger partial charge < -0.3 is 14.7 Å². The van der Waals surface area contributed by atoms with Gasteiger partial charge in [0.1, 0.15) is 18.5 Å². The van der Waals surface area contributed by atoms with E-state index in [1.807, 2.05) is 25.1 Å². The van der Waals surface area contributed by atoms with E-state index in [1.165, 1.54) is 32.1 Å². The van der Waals surface area contributed by atoms with Gasteiger partial charge in [-0.3, -0.25) is 0 Å². The van der Waals surface area contributed by atoms with E-state index in [9.17, 15) is 5.11 Å². The van der Waals surface area contributed by atoms with Crippen molar-refractivity contribution in [3.8, 4) is 5.75 Å². The molecule has 4 heteroatoms. The topological polar surface area (TPSA) is 32.7 Å². The van der Waals surface area contributed by atoms with Gasteiger partial charge in [0.25, 0.3) is 0 Å². The van der Waals surface area contributed by atoms with E-state index in [0.717, 1.165) is 11.3 Å². The fraction of sp³-hybridized carbons (Fsp3) is 0.647. The first-order valence-corrected chi connectivity index (χ1v) is 8.21. The molecule has 0 aliphatic heterocycles. The van der Waals surface area contributed by atoms with Crippen molar-refractivity contribution in [1.82, 2.24) is 4.90 Å². The minimum atomic E-state index is -0.466. The molecule has 0 aromatic heterocycles. The van der Waals surface area contributed by atoms with Gasteiger partial charge >= 0.3 is 0 Å². The lowest BCUT2D eigenvalue weighted by Gasteiger charge is -2.32. The Morgan fingerprint density at radius 3 is 2.71 bits per heavy atom. The molecule has 3 nitrogen and oxygen atoms in total. The predicted octanol–water partition coefficient (Wildman–Crippen LogP) is 3.65. The average molecular weight is 312 g/mol. The third kappa shape index (κ3) is 5.17. The second-order valence-electron chi connectivity index (χ2n) is 6.11. The minimum absolute atomic E-state index is 0.319. The van der Waals surface area contributed by atoms with Crippen molar-refractivity contribution in [1.29, 1.82) is 0 Å². The summed E-state index contributed by atoms with van der Waals surface area (Å²) in [6, 6.07) is 6.16. The summed E-state index contributed by atoms with van der Waals surface area (Å²) in [5, 5.41) is 10.9. The van der Waals surface area contributed by atoms with E-state index in [4.69, 9.17) is 16.3 Å². The first kappa shape index (κ1) is 16.6. The minimum Gasteiger partial charge on any atom is -0.491 e. The fourth-order valence-electron chi connectivity index (χ4n) is 3.02. The van der Waals surface area contributed by atoms with Crippen LogP contribution in [0.25, 0.3) is 0 Å². The third-order valence-electron chi connectivity index (χ3n) is 4.26. The zero-order valence-corrected chi connectivity index (χ0v) is 13.8. The Morgan fingerprint density at radius 1 is 1.33 bits per heavy atom. The molecule has 0 amide bonds. The fourth-order valence-corrected chi connectivity index (χ4v) is 3.24. The number of aliphatic hydroxyl groups excluding tert-OH is 1. The Balaban J connectivity index is 1.77. The number of hydrogen-bond acceptors (Lipinski definition) is 3. The maximum atomic E-state index is 10.2. The van der Waals surface area contributed by atoms with Crippen LogP contribution in [-0.2, 0) is 0 Å². The van der Waals surface area contributed by atoms with E-state index in [1.54, 1.807) is 0 Å². The highest BCUT2D eigenvalue weighted by Crippen LogP contribution is 2.23. The van der Waals surface area contributed by atoms with Crippen LogP contribution in [-0.4, -0.2) is 42.4 Å². The van der Waals surface area contributed by atoms with Crippen LogP contribution in [0.2, 0.25) is 5.02 Å². The first-order valence-electron chi connectivity index (χ1n) is 7.83. The maximum Gasteiger partial charge on any atom is 0.122 e. The number of hydrogen-bond donors (Lipinski definition) is 1. The van der Waals surface area contributed by atoms with Crippen LogP contribution in [0.5, 0.6) is 5.75 Å². The third-order valence-corrected chi connectivity index (χ3v) is 4.50. The summed E-state index contributed by atoms with van der Waals surface area (Å²) >= 11 is 5.92. The summed E-state index contributed by atoms with van der Waals surface area (Å²) in [5.41, 5.74) is 0.996. The van der Waals surface area contributed by atoms with Gasteiger partial charge in [-0.15, -0.1) is 0 Å². The number of aliphatic hydroxyl groups is 1. The van der Waals surface area contributed by atoms with E-state index in [-0.39, 0.29) is 0 Å². The summed E-state index contributed by atoms with van der Waals surface area (Å²) in [7, 11) is 2.10. The molecule has 0 saturated heterocycles. The highest BCUT2D eigenvalue weighted by Gasteiger charge is 2.20. The molecule has 1 aromatic rings. The van der Waals surface area contributed by atoms with E-state index < -0.39 is 6.10 Å². The first-order chi connectivity index (χ1) is 10.1. The molecule has 2 rings (SSSR count). The monoisotopic (exact) mass is 311 g/mol. The highest BCUT2D eigenvalue weighted by molar-refractivity contribution is 6.30. The van der Waals surface area contributed by atoms with Gasteiger partial charge in [-0.2, -0.15) is 0 Å². The van der Waals surface area contributed by atoms with Crippen LogP contribution >= 0.6 is 11.6 Å². The second-order valence-corrected chi connectivity index (χ2v) is 6.54. The molecule has 0 radical (unpaired) electrons. The molecule has 1 aliphatic carbocycles. The van der Waals surface area contributed by atoms with Gasteiger partial charge in [0.05, 0.1) is 0 Å². The Kier molecular flexibility index (Phi) is 6.34. The Labute approximate surface area is 132 Å². The normalized spacial score (nSPS) is 18.0. The van der Waals surface area contributed by atoms with Crippen LogP contribution in [0.4, 0.5) is 0 Å². The van der Waals surface area contributed by atoms with Gasteiger partial charge in [0.15, 0.2) is 0 Å². The van der Waals surface area contributed by atoms with E-state index >= 15 is 0 Å². The lowest BCUT2D eigenvalue weighted by molar-refractivity contribution is 0.0560. The van der Waals surface area contributed by atoms with Crippen molar-refractivity contribution < 1.29 is 9.84 Å². The number of rotatable bonds is 6. The lowest BCUT2D eigenvalue weighted by Crippen LogP contribution is -2.40. The average Bonchev–Trinajstić information content (AvgIpc) is 2.47. The largest absolute Gasteiger partial charge is 0.491 e. The summed E-state index contributed by atoms with van der Waals surface area (Å²) in [6.45, 7) is 2.94. The number of benzene rings is 1. The van der Waals surface area contributed by atoms with Crippen molar-refractivity contribution in [2.75, 3.05) is 20.2 Å². The summed E-state index contributed by atoms with van der Waals surface area (Å²) in [5.74, 6) is 0.791. The zero-order valence-electron chi connectivity index (χ0n) is 13.0. The van der Waals surface area contributed by atoms with E-state index in [0.29, 0.717) is 24.2 Å². The standard InChI is InChI=1S/C17H26ClNO2/c1-13-10-14(18)8-9-17(13)21-12-16(20)11-19(2)15-6-4-3-5-7-15/h8-10,15-16,20H,3-7,11-12H2,1-2H3. The van der Waals surface area contributed by atoms with Crippen LogP contribution in [0, 0.1) is 6.92 Å². The maximum absolute atomic E-state index is 10.2. The molecule has 1 fully saturated rings. The Hall–Kier alpha value is -0.770. The van der Waals surface area contributed by atoms with Gasteiger partial charge in [-0.1, -0.05) is 30.9 Å². The molecule has 0 heterocycles. The second kappa shape index (κ2) is 8.02. The summed E-state index contributed by atoms with van der Waals surface area (Å²) < 4.78 is 5.71. The molecule has 1 aliphatic rings.